The molecule has 130 valence electrons. The molecule has 1 saturated carbocycles. The average Bonchev–Trinajstić information content (AvgIpc) is 3.38. The van der Waals surface area contributed by atoms with Crippen LogP contribution in [0.1, 0.15) is 23.2 Å². The van der Waals surface area contributed by atoms with E-state index in [-0.39, 0.29) is 17.7 Å². The van der Waals surface area contributed by atoms with E-state index in [2.05, 4.69) is 20.7 Å². The minimum Gasteiger partial charge on any atom is -0.326 e. The molecule has 1 aliphatic rings. The van der Waals surface area contributed by atoms with Crippen molar-refractivity contribution in [3.8, 4) is 5.69 Å². The first-order valence-electron chi connectivity index (χ1n) is 8.36. The first kappa shape index (κ1) is 16.0. The number of rotatable bonds is 5. The highest BCUT2D eigenvalue weighted by Gasteiger charge is 2.29. The number of anilines is 2. The Morgan fingerprint density at radius 3 is 2.19 bits per heavy atom. The summed E-state index contributed by atoms with van der Waals surface area (Å²) in [6.45, 7) is 0. The fourth-order valence-electron chi connectivity index (χ4n) is 2.54. The quantitative estimate of drug-likeness (QED) is 0.743. The Morgan fingerprint density at radius 2 is 1.58 bits per heavy atom. The maximum Gasteiger partial charge on any atom is 0.255 e. The van der Waals surface area contributed by atoms with Gasteiger partial charge in [0.05, 0.1) is 5.69 Å². The van der Waals surface area contributed by atoms with Gasteiger partial charge < -0.3 is 10.6 Å². The Morgan fingerprint density at radius 1 is 0.923 bits per heavy atom. The molecule has 2 amide bonds. The van der Waals surface area contributed by atoms with Gasteiger partial charge in [-0.1, -0.05) is 0 Å². The number of benzene rings is 2. The predicted octanol–water partition coefficient (Wildman–Crippen LogP) is 2.87. The summed E-state index contributed by atoms with van der Waals surface area (Å²) in [5.41, 5.74) is 2.77. The number of carbonyl (C=O) groups excluding carboxylic acids is 2. The van der Waals surface area contributed by atoms with Crippen LogP contribution in [0.3, 0.4) is 0 Å². The number of nitrogens with zero attached hydrogens (tertiary/aromatic N) is 3. The lowest BCUT2D eigenvalue weighted by Gasteiger charge is -2.08. The zero-order valence-corrected chi connectivity index (χ0v) is 13.9. The van der Waals surface area contributed by atoms with E-state index < -0.39 is 0 Å². The van der Waals surface area contributed by atoms with Crippen LogP contribution in [-0.2, 0) is 4.79 Å². The molecule has 3 aromatic rings. The van der Waals surface area contributed by atoms with Crippen molar-refractivity contribution in [1.29, 1.82) is 0 Å². The molecule has 26 heavy (non-hydrogen) atoms. The molecular formula is C19H17N5O2. The Bertz CT molecular complexity index is 914. The van der Waals surface area contributed by atoms with Crippen molar-refractivity contribution < 1.29 is 9.59 Å². The van der Waals surface area contributed by atoms with E-state index in [4.69, 9.17) is 0 Å². The highest BCUT2D eigenvalue weighted by molar-refractivity contribution is 6.04. The monoisotopic (exact) mass is 347 g/mol. The van der Waals surface area contributed by atoms with E-state index in [1.165, 1.54) is 6.33 Å². The molecule has 0 radical (unpaired) electrons. The fourth-order valence-corrected chi connectivity index (χ4v) is 2.54. The lowest BCUT2D eigenvalue weighted by molar-refractivity contribution is -0.117. The van der Waals surface area contributed by atoms with Gasteiger partial charge in [-0.2, -0.15) is 5.10 Å². The zero-order valence-electron chi connectivity index (χ0n) is 13.9. The molecule has 0 aliphatic heterocycles. The van der Waals surface area contributed by atoms with Crippen molar-refractivity contribution >= 4 is 23.2 Å². The Kier molecular flexibility index (Phi) is 4.18. The molecule has 1 aromatic heterocycles. The van der Waals surface area contributed by atoms with Gasteiger partial charge in [0.15, 0.2) is 0 Å². The molecule has 2 aromatic carbocycles. The van der Waals surface area contributed by atoms with E-state index in [0.29, 0.717) is 16.9 Å². The minimum atomic E-state index is -0.210. The summed E-state index contributed by atoms with van der Waals surface area (Å²) in [4.78, 5) is 28.0. The third kappa shape index (κ3) is 3.61. The summed E-state index contributed by atoms with van der Waals surface area (Å²) < 4.78 is 1.64. The summed E-state index contributed by atoms with van der Waals surface area (Å²) in [7, 11) is 0. The number of aromatic nitrogens is 3. The Hall–Kier alpha value is -3.48. The van der Waals surface area contributed by atoms with Crippen LogP contribution in [0.15, 0.2) is 61.2 Å². The van der Waals surface area contributed by atoms with Gasteiger partial charge in [0.25, 0.3) is 5.91 Å². The summed E-state index contributed by atoms with van der Waals surface area (Å²) in [6.07, 6.45) is 4.99. The third-order valence-electron chi connectivity index (χ3n) is 4.17. The molecule has 4 rings (SSSR count). The average molecular weight is 347 g/mol. The van der Waals surface area contributed by atoms with Crippen molar-refractivity contribution in [2.24, 2.45) is 5.92 Å². The smallest absolute Gasteiger partial charge is 0.255 e. The van der Waals surface area contributed by atoms with Crippen molar-refractivity contribution in [3.63, 3.8) is 0 Å². The zero-order chi connectivity index (χ0) is 17.9. The van der Waals surface area contributed by atoms with Crippen LogP contribution in [0.5, 0.6) is 0 Å². The van der Waals surface area contributed by atoms with Gasteiger partial charge in [-0.05, 0) is 61.4 Å². The highest BCUT2D eigenvalue weighted by atomic mass is 16.2. The van der Waals surface area contributed by atoms with Crippen molar-refractivity contribution in [2.75, 3.05) is 10.6 Å². The Balaban J connectivity index is 1.38. The van der Waals surface area contributed by atoms with E-state index in [0.717, 1.165) is 18.5 Å². The van der Waals surface area contributed by atoms with Crippen LogP contribution < -0.4 is 10.6 Å². The van der Waals surface area contributed by atoms with Crippen LogP contribution in [-0.4, -0.2) is 26.6 Å². The van der Waals surface area contributed by atoms with Crippen LogP contribution in [0.2, 0.25) is 0 Å². The predicted molar refractivity (Wildman–Crippen MR) is 97.1 cm³/mol. The standard InChI is InChI=1S/C19H17N5O2/c25-18(13-1-2-13)22-15-5-3-14(4-6-15)19(26)23-16-7-9-17(10-8-16)24-12-20-11-21-24/h3-13H,1-2H2,(H,22,25)(H,23,26). The van der Waals surface area contributed by atoms with E-state index >= 15 is 0 Å². The highest BCUT2D eigenvalue weighted by Crippen LogP contribution is 2.30. The molecular weight excluding hydrogens is 330 g/mol. The second kappa shape index (κ2) is 6.79. The molecule has 1 aliphatic carbocycles. The maximum absolute atomic E-state index is 12.4. The molecule has 2 N–H and O–H groups in total. The molecule has 0 bridgehead atoms. The van der Waals surface area contributed by atoms with Crippen LogP contribution >= 0.6 is 0 Å². The van der Waals surface area contributed by atoms with Crippen molar-refractivity contribution in [3.05, 3.63) is 66.7 Å². The van der Waals surface area contributed by atoms with Crippen molar-refractivity contribution in [1.82, 2.24) is 14.8 Å². The summed E-state index contributed by atoms with van der Waals surface area (Å²) in [5.74, 6) is -0.00767. The summed E-state index contributed by atoms with van der Waals surface area (Å²) in [6, 6.07) is 14.2. The maximum atomic E-state index is 12.4. The topological polar surface area (TPSA) is 88.9 Å². The van der Waals surface area contributed by atoms with Crippen molar-refractivity contribution in [2.45, 2.75) is 12.8 Å². The SMILES string of the molecule is O=C(Nc1ccc(-n2cncn2)cc1)c1ccc(NC(=O)C2CC2)cc1. The second-order valence-corrected chi connectivity index (χ2v) is 6.18. The Labute approximate surface area is 150 Å². The summed E-state index contributed by atoms with van der Waals surface area (Å²) in [5, 5.41) is 9.76. The van der Waals surface area contributed by atoms with Crippen LogP contribution in [0, 0.1) is 5.92 Å². The van der Waals surface area contributed by atoms with Crippen LogP contribution in [0.25, 0.3) is 5.69 Å². The molecule has 1 fully saturated rings. The molecule has 7 heteroatoms. The van der Waals surface area contributed by atoms with Crippen LogP contribution in [0.4, 0.5) is 11.4 Å². The molecule has 0 unspecified atom stereocenters. The number of carbonyl (C=O) groups is 2. The molecule has 1 heterocycles. The first-order chi connectivity index (χ1) is 12.7. The lowest BCUT2D eigenvalue weighted by atomic mass is 10.2. The molecule has 7 nitrogen and oxygen atoms in total. The fraction of sp³-hybridized carbons (Fsp3) is 0.158. The largest absolute Gasteiger partial charge is 0.326 e. The van der Waals surface area contributed by atoms with Gasteiger partial charge in [0, 0.05) is 22.9 Å². The number of amides is 2. The number of hydrogen-bond donors (Lipinski definition) is 2. The van der Waals surface area contributed by atoms with E-state index in [9.17, 15) is 9.59 Å². The molecule has 0 spiro atoms. The van der Waals surface area contributed by atoms with Gasteiger partial charge in [-0.25, -0.2) is 9.67 Å². The third-order valence-corrected chi connectivity index (χ3v) is 4.17. The van der Waals surface area contributed by atoms with Gasteiger partial charge in [0.2, 0.25) is 5.91 Å². The van der Waals surface area contributed by atoms with Gasteiger partial charge in [-0.3, -0.25) is 9.59 Å². The minimum absolute atomic E-state index is 0.0506. The first-order valence-corrected chi connectivity index (χ1v) is 8.36. The van der Waals surface area contributed by atoms with E-state index in [1.807, 2.05) is 12.1 Å². The van der Waals surface area contributed by atoms with Gasteiger partial charge in [-0.15, -0.1) is 0 Å². The van der Waals surface area contributed by atoms with Gasteiger partial charge >= 0.3 is 0 Å². The normalized spacial score (nSPS) is 13.2. The number of nitrogens with one attached hydrogen (secondary N) is 2. The van der Waals surface area contributed by atoms with E-state index in [1.54, 1.807) is 47.4 Å². The second-order valence-electron chi connectivity index (χ2n) is 6.18. The number of hydrogen-bond acceptors (Lipinski definition) is 4. The van der Waals surface area contributed by atoms with Gasteiger partial charge in [0.1, 0.15) is 12.7 Å². The molecule has 0 saturated heterocycles. The molecule has 0 atom stereocenters. The summed E-state index contributed by atoms with van der Waals surface area (Å²) >= 11 is 0. The lowest BCUT2D eigenvalue weighted by Crippen LogP contribution is -2.14.